The number of thiophene rings is 1. The summed E-state index contributed by atoms with van der Waals surface area (Å²) in [5.74, 6) is 0.971. The Kier molecular flexibility index (Phi) is 3.82. The van der Waals surface area contributed by atoms with E-state index in [9.17, 15) is 0 Å². The molecule has 0 amide bonds. The quantitative estimate of drug-likeness (QED) is 0.814. The zero-order chi connectivity index (χ0) is 10.5. The molecule has 0 atom stereocenters. The Balaban J connectivity index is 1.98. The molecule has 80 valence electrons. The molecule has 1 N–H and O–H groups in total. The first kappa shape index (κ1) is 10.7. The van der Waals surface area contributed by atoms with Gasteiger partial charge in [-0.25, -0.2) is 4.98 Å². The monoisotopic (exact) mass is 239 g/mol. The molecular weight excluding hydrogens is 226 g/mol. The van der Waals surface area contributed by atoms with Crippen molar-refractivity contribution in [2.45, 2.75) is 12.8 Å². The van der Waals surface area contributed by atoms with Crippen LogP contribution in [-0.2, 0) is 6.42 Å². The third-order valence-electron chi connectivity index (χ3n) is 2.03. The van der Waals surface area contributed by atoms with Crippen molar-refractivity contribution in [2.24, 2.45) is 0 Å². The lowest BCUT2D eigenvalue weighted by atomic mass is 10.3. The second-order valence-corrected chi connectivity index (χ2v) is 4.90. The van der Waals surface area contributed by atoms with Crippen LogP contribution in [0.5, 0.6) is 0 Å². The van der Waals surface area contributed by atoms with Crippen molar-refractivity contribution in [1.29, 1.82) is 0 Å². The maximum absolute atomic E-state index is 4.51. The molecule has 5 heteroatoms. The van der Waals surface area contributed by atoms with Crippen molar-refractivity contribution in [3.05, 3.63) is 23.3 Å². The maximum Gasteiger partial charge on any atom is 0.153 e. The van der Waals surface area contributed by atoms with Gasteiger partial charge in [0.2, 0.25) is 0 Å². The summed E-state index contributed by atoms with van der Waals surface area (Å²) in [6, 6.07) is 4.13. The van der Waals surface area contributed by atoms with Gasteiger partial charge < -0.3 is 5.32 Å². The molecular formula is C10H13N3S2. The smallest absolute Gasteiger partial charge is 0.153 e. The summed E-state index contributed by atoms with van der Waals surface area (Å²) in [4.78, 5) is 5.73. The summed E-state index contributed by atoms with van der Waals surface area (Å²) in [5.41, 5.74) is 0. The molecule has 2 aromatic heterocycles. The van der Waals surface area contributed by atoms with Crippen LogP contribution in [0.4, 0.5) is 0 Å². The van der Waals surface area contributed by atoms with Gasteiger partial charge in [-0.3, -0.25) is 0 Å². The number of nitrogens with zero attached hydrogens (tertiary/aromatic N) is 2. The van der Waals surface area contributed by atoms with Crippen LogP contribution in [-0.4, -0.2) is 22.9 Å². The number of rotatable bonds is 5. The van der Waals surface area contributed by atoms with Crippen molar-refractivity contribution < 1.29 is 0 Å². The largest absolute Gasteiger partial charge is 0.320 e. The summed E-state index contributed by atoms with van der Waals surface area (Å²) >= 11 is 3.21. The minimum Gasteiger partial charge on any atom is -0.320 e. The summed E-state index contributed by atoms with van der Waals surface area (Å²) in [7, 11) is 1.96. The van der Waals surface area contributed by atoms with E-state index in [2.05, 4.69) is 26.1 Å². The number of nitrogens with one attached hydrogen (secondary N) is 1. The van der Waals surface area contributed by atoms with Crippen molar-refractivity contribution >= 4 is 22.9 Å². The van der Waals surface area contributed by atoms with E-state index >= 15 is 0 Å². The van der Waals surface area contributed by atoms with Gasteiger partial charge in [0.15, 0.2) is 5.01 Å². The van der Waals surface area contributed by atoms with E-state index in [1.54, 1.807) is 11.3 Å². The molecule has 0 saturated carbocycles. The highest BCUT2D eigenvalue weighted by atomic mass is 32.1. The van der Waals surface area contributed by atoms with E-state index in [1.807, 2.05) is 13.1 Å². The van der Waals surface area contributed by atoms with Crippen molar-refractivity contribution in [1.82, 2.24) is 14.7 Å². The van der Waals surface area contributed by atoms with E-state index in [1.165, 1.54) is 16.4 Å². The Labute approximate surface area is 97.4 Å². The maximum atomic E-state index is 4.51. The van der Waals surface area contributed by atoms with E-state index in [0.717, 1.165) is 30.2 Å². The molecule has 0 aliphatic carbocycles. The van der Waals surface area contributed by atoms with Gasteiger partial charge in [0.1, 0.15) is 5.82 Å². The Bertz CT molecular complexity index is 394. The third-order valence-corrected chi connectivity index (χ3v) is 3.82. The molecule has 0 radical (unpaired) electrons. The van der Waals surface area contributed by atoms with Crippen molar-refractivity contribution in [2.75, 3.05) is 13.6 Å². The van der Waals surface area contributed by atoms with Crippen molar-refractivity contribution in [3.63, 3.8) is 0 Å². The molecule has 0 bridgehead atoms. The first-order valence-corrected chi connectivity index (χ1v) is 6.56. The molecule has 2 heterocycles. The van der Waals surface area contributed by atoms with Gasteiger partial charge in [-0.15, -0.1) is 11.3 Å². The molecule has 3 nitrogen and oxygen atoms in total. The number of aromatic nitrogens is 2. The van der Waals surface area contributed by atoms with Crippen LogP contribution in [0.3, 0.4) is 0 Å². The van der Waals surface area contributed by atoms with Crippen LogP contribution in [0.2, 0.25) is 0 Å². The van der Waals surface area contributed by atoms with Crippen molar-refractivity contribution in [3.8, 4) is 9.88 Å². The van der Waals surface area contributed by atoms with Crippen LogP contribution in [0.25, 0.3) is 9.88 Å². The molecule has 2 rings (SSSR count). The van der Waals surface area contributed by atoms with Crippen LogP contribution >= 0.6 is 22.9 Å². The predicted molar refractivity (Wildman–Crippen MR) is 65.5 cm³/mol. The van der Waals surface area contributed by atoms with Gasteiger partial charge in [-0.1, -0.05) is 6.07 Å². The highest BCUT2D eigenvalue weighted by Gasteiger charge is 2.06. The van der Waals surface area contributed by atoms with Gasteiger partial charge in [0, 0.05) is 6.42 Å². The molecule has 0 unspecified atom stereocenters. The highest BCUT2D eigenvalue weighted by Crippen LogP contribution is 2.26. The SMILES string of the molecule is CNCCCc1nsc(-c2cccs2)n1. The van der Waals surface area contributed by atoms with Gasteiger partial charge in [-0.2, -0.15) is 4.37 Å². The third kappa shape index (κ3) is 2.84. The fraction of sp³-hybridized carbons (Fsp3) is 0.400. The van der Waals surface area contributed by atoms with Gasteiger partial charge in [0.05, 0.1) is 4.88 Å². The molecule has 2 aromatic rings. The topological polar surface area (TPSA) is 37.8 Å². The molecule has 0 aromatic carbocycles. The first-order chi connectivity index (χ1) is 7.40. The molecule has 0 fully saturated rings. The Hall–Kier alpha value is -0.780. The van der Waals surface area contributed by atoms with Gasteiger partial charge in [0.25, 0.3) is 0 Å². The van der Waals surface area contributed by atoms with E-state index in [4.69, 9.17) is 0 Å². The zero-order valence-corrected chi connectivity index (χ0v) is 10.2. The first-order valence-electron chi connectivity index (χ1n) is 4.91. The second-order valence-electron chi connectivity index (χ2n) is 3.20. The second kappa shape index (κ2) is 5.34. The fourth-order valence-electron chi connectivity index (χ4n) is 1.28. The summed E-state index contributed by atoms with van der Waals surface area (Å²) in [6.45, 7) is 1.02. The highest BCUT2D eigenvalue weighted by molar-refractivity contribution is 7.18. The molecule has 0 aliphatic rings. The Morgan fingerprint density at radius 3 is 3.13 bits per heavy atom. The zero-order valence-electron chi connectivity index (χ0n) is 8.56. The molecule has 0 spiro atoms. The standard InChI is InChI=1S/C10H13N3S2/c1-11-6-2-5-9-12-10(15-13-9)8-4-3-7-14-8/h3-4,7,11H,2,5-6H2,1H3. The summed E-state index contributed by atoms with van der Waals surface area (Å²) < 4.78 is 4.35. The van der Waals surface area contributed by atoms with Crippen LogP contribution in [0, 0.1) is 0 Å². The predicted octanol–water partition coefficient (Wildman–Crippen LogP) is 2.42. The number of aryl methyl sites for hydroxylation is 1. The van der Waals surface area contributed by atoms with Crippen LogP contribution in [0.1, 0.15) is 12.2 Å². The average Bonchev–Trinajstić information content (AvgIpc) is 2.87. The number of hydrogen-bond acceptors (Lipinski definition) is 5. The van der Waals surface area contributed by atoms with E-state index in [-0.39, 0.29) is 0 Å². The lowest BCUT2D eigenvalue weighted by Crippen LogP contribution is -2.08. The van der Waals surface area contributed by atoms with E-state index in [0.29, 0.717) is 0 Å². The number of hydrogen-bond donors (Lipinski definition) is 1. The van der Waals surface area contributed by atoms with Crippen LogP contribution < -0.4 is 5.32 Å². The molecule has 0 saturated heterocycles. The average molecular weight is 239 g/mol. The van der Waals surface area contributed by atoms with Gasteiger partial charge >= 0.3 is 0 Å². The summed E-state index contributed by atoms with van der Waals surface area (Å²) in [5, 5.41) is 6.23. The molecule has 15 heavy (non-hydrogen) atoms. The fourth-order valence-corrected chi connectivity index (χ4v) is 2.77. The van der Waals surface area contributed by atoms with Crippen LogP contribution in [0.15, 0.2) is 17.5 Å². The molecule has 0 aliphatic heterocycles. The lowest BCUT2D eigenvalue weighted by molar-refractivity contribution is 0.709. The minimum absolute atomic E-state index is 0.961. The Morgan fingerprint density at radius 1 is 1.47 bits per heavy atom. The Morgan fingerprint density at radius 2 is 2.40 bits per heavy atom. The van der Waals surface area contributed by atoms with Gasteiger partial charge in [-0.05, 0) is 43.0 Å². The lowest BCUT2D eigenvalue weighted by Gasteiger charge is -1.94. The van der Waals surface area contributed by atoms with E-state index < -0.39 is 0 Å². The normalized spacial score (nSPS) is 10.7. The minimum atomic E-state index is 0.961. The summed E-state index contributed by atoms with van der Waals surface area (Å²) in [6.07, 6.45) is 2.06.